The van der Waals surface area contributed by atoms with Crippen molar-refractivity contribution in [3.8, 4) is 0 Å². The van der Waals surface area contributed by atoms with E-state index < -0.39 is 0 Å². The lowest BCUT2D eigenvalue weighted by molar-refractivity contribution is 0.557. The lowest BCUT2D eigenvalue weighted by Gasteiger charge is -2.14. The smallest absolute Gasteiger partial charge is 0.0541 e. The van der Waals surface area contributed by atoms with Gasteiger partial charge in [-0.15, -0.1) is 0 Å². The van der Waals surface area contributed by atoms with Crippen molar-refractivity contribution in [1.82, 2.24) is 9.88 Å². The van der Waals surface area contributed by atoms with Crippen LogP contribution in [0.1, 0.15) is 43.6 Å². The van der Waals surface area contributed by atoms with Gasteiger partial charge in [0.05, 0.1) is 5.69 Å². The number of nitrogens with zero attached hydrogens (tertiary/aromatic N) is 2. The lowest BCUT2D eigenvalue weighted by atomic mass is 10.0. The molecule has 0 amide bonds. The zero-order valence-corrected chi connectivity index (χ0v) is 11.1. The molecule has 1 aliphatic rings. The summed E-state index contributed by atoms with van der Waals surface area (Å²) in [5.41, 5.74) is 5.91. The third-order valence-corrected chi connectivity index (χ3v) is 3.27. The van der Waals surface area contributed by atoms with Crippen LogP contribution in [0.5, 0.6) is 0 Å². The first-order valence-electron chi connectivity index (χ1n) is 6.08. The molecular formula is C15H20N2. The molecule has 1 aromatic rings. The Morgan fingerprint density at radius 2 is 2.06 bits per heavy atom. The number of allylic oxidation sites excluding steroid dienone is 2. The number of pyridine rings is 1. The first kappa shape index (κ1) is 11.9. The second-order valence-corrected chi connectivity index (χ2v) is 5.05. The number of rotatable bonds is 1. The van der Waals surface area contributed by atoms with E-state index >= 15 is 0 Å². The monoisotopic (exact) mass is 228 g/mol. The largest absolute Gasteiger partial charge is 0.354 e. The Morgan fingerprint density at radius 3 is 2.71 bits per heavy atom. The van der Waals surface area contributed by atoms with Crippen LogP contribution in [0.15, 0.2) is 30.6 Å². The zero-order chi connectivity index (χ0) is 12.6. The first-order valence-corrected chi connectivity index (χ1v) is 6.08. The van der Waals surface area contributed by atoms with Crippen molar-refractivity contribution in [3.05, 3.63) is 47.6 Å². The van der Waals surface area contributed by atoms with Crippen LogP contribution < -0.4 is 0 Å². The molecule has 0 spiro atoms. The minimum absolute atomic E-state index is 0.471. The van der Waals surface area contributed by atoms with Gasteiger partial charge in [0.25, 0.3) is 0 Å². The van der Waals surface area contributed by atoms with Crippen LogP contribution in [0.3, 0.4) is 0 Å². The van der Waals surface area contributed by atoms with Gasteiger partial charge in [-0.1, -0.05) is 26.5 Å². The van der Waals surface area contributed by atoms with E-state index in [4.69, 9.17) is 4.98 Å². The van der Waals surface area contributed by atoms with Gasteiger partial charge in [0.1, 0.15) is 0 Å². The van der Waals surface area contributed by atoms with Gasteiger partial charge in [0, 0.05) is 36.6 Å². The van der Waals surface area contributed by atoms with Gasteiger partial charge >= 0.3 is 0 Å². The normalized spacial score (nSPS) is 15.7. The van der Waals surface area contributed by atoms with Gasteiger partial charge in [-0.3, -0.25) is 4.98 Å². The highest BCUT2D eigenvalue weighted by Crippen LogP contribution is 2.27. The molecule has 2 rings (SSSR count). The second kappa shape index (κ2) is 4.36. The zero-order valence-electron chi connectivity index (χ0n) is 11.1. The second-order valence-electron chi connectivity index (χ2n) is 5.05. The van der Waals surface area contributed by atoms with Gasteiger partial charge in [-0.25, -0.2) is 0 Å². The molecular weight excluding hydrogens is 208 g/mol. The molecule has 0 saturated heterocycles. The summed E-state index contributed by atoms with van der Waals surface area (Å²) in [5.74, 6) is 0.471. The van der Waals surface area contributed by atoms with Gasteiger partial charge in [-0.2, -0.15) is 0 Å². The number of fused-ring (bicyclic) bond motifs is 1. The van der Waals surface area contributed by atoms with Crippen LogP contribution in [-0.2, 0) is 6.42 Å². The molecule has 2 heterocycles. The van der Waals surface area contributed by atoms with Gasteiger partial charge in [-0.05, 0) is 24.5 Å². The molecule has 0 fully saturated rings. The fraction of sp³-hybridized carbons (Fsp3) is 0.400. The van der Waals surface area contributed by atoms with E-state index in [-0.39, 0.29) is 0 Å². The molecule has 0 atom stereocenters. The van der Waals surface area contributed by atoms with Crippen molar-refractivity contribution in [1.29, 1.82) is 0 Å². The van der Waals surface area contributed by atoms with Crippen LogP contribution in [0.25, 0.3) is 5.57 Å². The Kier molecular flexibility index (Phi) is 3.05. The van der Waals surface area contributed by atoms with Gasteiger partial charge < -0.3 is 4.90 Å². The van der Waals surface area contributed by atoms with E-state index in [1.165, 1.54) is 11.1 Å². The molecule has 0 aromatic carbocycles. The highest BCUT2D eigenvalue weighted by molar-refractivity contribution is 5.67. The predicted octanol–water partition coefficient (Wildman–Crippen LogP) is 3.57. The molecule has 17 heavy (non-hydrogen) atoms. The van der Waals surface area contributed by atoms with Gasteiger partial charge in [0.15, 0.2) is 0 Å². The van der Waals surface area contributed by atoms with E-state index in [1.54, 1.807) is 0 Å². The van der Waals surface area contributed by atoms with Crippen molar-refractivity contribution in [3.63, 3.8) is 0 Å². The number of hydrogen-bond acceptors (Lipinski definition) is 2. The van der Waals surface area contributed by atoms with Crippen LogP contribution in [0.2, 0.25) is 0 Å². The summed E-state index contributed by atoms with van der Waals surface area (Å²) in [6.45, 7) is 10.6. The molecule has 0 radical (unpaired) electrons. The summed E-state index contributed by atoms with van der Waals surface area (Å²) >= 11 is 0. The minimum atomic E-state index is 0.471. The Balaban J connectivity index is 2.51. The average Bonchev–Trinajstić information content (AvgIpc) is 2.37. The van der Waals surface area contributed by atoms with Crippen LogP contribution in [0.4, 0.5) is 0 Å². The lowest BCUT2D eigenvalue weighted by Crippen LogP contribution is -2.10. The fourth-order valence-electron chi connectivity index (χ4n) is 2.10. The predicted molar refractivity (Wildman–Crippen MR) is 72.6 cm³/mol. The third kappa shape index (κ3) is 2.26. The van der Waals surface area contributed by atoms with Crippen molar-refractivity contribution >= 4 is 5.57 Å². The van der Waals surface area contributed by atoms with E-state index in [1.807, 2.05) is 7.05 Å². The van der Waals surface area contributed by atoms with E-state index in [0.717, 1.165) is 23.5 Å². The van der Waals surface area contributed by atoms with Crippen LogP contribution in [0, 0.1) is 0 Å². The van der Waals surface area contributed by atoms with Crippen molar-refractivity contribution < 1.29 is 0 Å². The molecule has 0 saturated carbocycles. The van der Waals surface area contributed by atoms with Crippen LogP contribution >= 0.6 is 0 Å². The molecule has 1 aliphatic heterocycles. The Morgan fingerprint density at radius 1 is 1.35 bits per heavy atom. The molecule has 0 unspecified atom stereocenters. The SMILES string of the molecule is C=C1Cc2nc(C(C)C)ccc2C(C)=CN1C. The molecule has 0 bridgehead atoms. The molecule has 0 N–H and O–H groups in total. The van der Waals surface area contributed by atoms with Gasteiger partial charge in [0.2, 0.25) is 0 Å². The van der Waals surface area contributed by atoms with Crippen molar-refractivity contribution in [2.75, 3.05) is 7.05 Å². The third-order valence-electron chi connectivity index (χ3n) is 3.27. The van der Waals surface area contributed by atoms with Crippen molar-refractivity contribution in [2.24, 2.45) is 0 Å². The minimum Gasteiger partial charge on any atom is -0.354 e. The molecule has 1 aromatic heterocycles. The average molecular weight is 228 g/mol. The maximum absolute atomic E-state index is 4.78. The summed E-state index contributed by atoms with van der Waals surface area (Å²) in [7, 11) is 2.04. The van der Waals surface area contributed by atoms with E-state index in [0.29, 0.717) is 5.92 Å². The Labute approximate surface area is 104 Å². The highest BCUT2D eigenvalue weighted by Gasteiger charge is 2.15. The molecule has 90 valence electrons. The number of likely N-dealkylation sites (N-methyl/N-ethyl adjacent to an activating group) is 1. The number of aromatic nitrogens is 1. The quantitative estimate of drug-likeness (QED) is 0.730. The van der Waals surface area contributed by atoms with E-state index in [2.05, 4.69) is 50.6 Å². The fourth-order valence-corrected chi connectivity index (χ4v) is 2.10. The standard InChI is InChI=1S/C15H20N2/c1-10(2)14-7-6-13-11(3)9-17(5)12(4)8-15(13)16-14/h6-7,9-10H,4,8H2,1-3,5H3. The molecule has 0 aliphatic carbocycles. The van der Waals surface area contributed by atoms with Crippen LogP contribution in [-0.4, -0.2) is 16.9 Å². The summed E-state index contributed by atoms with van der Waals surface area (Å²) in [6.07, 6.45) is 2.96. The Bertz CT molecular complexity index is 484. The summed E-state index contributed by atoms with van der Waals surface area (Å²) < 4.78 is 0. The number of hydrogen-bond donors (Lipinski definition) is 0. The molecule has 2 heteroatoms. The highest BCUT2D eigenvalue weighted by atomic mass is 15.1. The first-order chi connectivity index (χ1) is 7.99. The van der Waals surface area contributed by atoms with E-state index in [9.17, 15) is 0 Å². The Hall–Kier alpha value is -1.57. The maximum Gasteiger partial charge on any atom is 0.0541 e. The summed E-state index contributed by atoms with van der Waals surface area (Å²) in [5, 5.41) is 0. The molecule has 2 nitrogen and oxygen atoms in total. The maximum atomic E-state index is 4.78. The topological polar surface area (TPSA) is 16.1 Å². The summed E-state index contributed by atoms with van der Waals surface area (Å²) in [4.78, 5) is 6.87. The van der Waals surface area contributed by atoms with Crippen molar-refractivity contribution in [2.45, 2.75) is 33.1 Å². The summed E-state index contributed by atoms with van der Waals surface area (Å²) in [6, 6.07) is 4.32.